The molecule has 0 spiro atoms. The minimum Gasteiger partial charge on any atom is -0.497 e. The highest BCUT2D eigenvalue weighted by molar-refractivity contribution is 5.80. The summed E-state index contributed by atoms with van der Waals surface area (Å²) in [5, 5.41) is 3.05. The quantitative estimate of drug-likeness (QED) is 0.441. The maximum Gasteiger partial charge on any atom is 0.223 e. The number of unbranched alkanes of at least 4 members (excludes halogenated alkanes) is 1. The van der Waals surface area contributed by atoms with Crippen LogP contribution < -0.4 is 14.8 Å². The molecule has 1 saturated carbocycles. The first kappa shape index (κ1) is 21.2. The number of carbonyl (C=O) groups excluding carboxylic acids is 1. The molecule has 0 aliphatic heterocycles. The number of ether oxygens (including phenoxy) is 2. The van der Waals surface area contributed by atoms with Crippen molar-refractivity contribution in [2.24, 2.45) is 5.92 Å². The molecule has 1 aromatic heterocycles. The molecule has 1 heterocycles. The lowest BCUT2D eigenvalue weighted by molar-refractivity contribution is -0.122. The number of methoxy groups -OCH3 is 1. The van der Waals surface area contributed by atoms with E-state index in [1.54, 1.807) is 7.11 Å². The lowest BCUT2D eigenvalue weighted by Crippen LogP contribution is -2.26. The number of nitrogens with zero attached hydrogens (tertiary/aromatic N) is 2. The Bertz CT molecular complexity index is 1010. The van der Waals surface area contributed by atoms with E-state index in [-0.39, 0.29) is 11.8 Å². The fourth-order valence-corrected chi connectivity index (χ4v) is 3.77. The highest BCUT2D eigenvalue weighted by Gasteiger charge is 2.29. The summed E-state index contributed by atoms with van der Waals surface area (Å²) in [6.45, 7) is 2.29. The molecular formula is C25H31N3O3. The van der Waals surface area contributed by atoms with Crippen LogP contribution in [-0.2, 0) is 17.8 Å². The van der Waals surface area contributed by atoms with Crippen molar-refractivity contribution in [1.82, 2.24) is 14.9 Å². The molecule has 2 aromatic carbocycles. The van der Waals surface area contributed by atoms with Crippen molar-refractivity contribution < 1.29 is 14.3 Å². The summed E-state index contributed by atoms with van der Waals surface area (Å²) in [5.74, 6) is 3.21. The molecular weight excluding hydrogens is 390 g/mol. The number of aromatic nitrogens is 2. The molecule has 1 fully saturated rings. The Kier molecular flexibility index (Phi) is 7.07. The van der Waals surface area contributed by atoms with Crippen LogP contribution >= 0.6 is 0 Å². The number of carbonyl (C=O) groups is 1. The predicted molar refractivity (Wildman–Crippen MR) is 122 cm³/mol. The van der Waals surface area contributed by atoms with Crippen LogP contribution in [0.15, 0.2) is 48.5 Å². The molecule has 0 radical (unpaired) electrons. The van der Waals surface area contributed by atoms with Crippen molar-refractivity contribution in [3.63, 3.8) is 0 Å². The van der Waals surface area contributed by atoms with Gasteiger partial charge < -0.3 is 19.4 Å². The standard InChI is InChI=1S/C25H31N3O3/c1-30-20-8-6-9-21(18-20)31-17-5-4-16-28-23-11-3-2-10-22(23)27-24(28)12-7-15-26-25(29)19-13-14-19/h2-3,6,8-11,18-19H,4-5,7,12-17H2,1H3,(H,26,29). The number of imidazole rings is 1. The Balaban J connectivity index is 1.28. The molecule has 6 nitrogen and oxygen atoms in total. The van der Waals surface area contributed by atoms with E-state index < -0.39 is 0 Å². The summed E-state index contributed by atoms with van der Waals surface area (Å²) < 4.78 is 13.4. The van der Waals surface area contributed by atoms with Crippen molar-refractivity contribution in [1.29, 1.82) is 0 Å². The molecule has 164 valence electrons. The Morgan fingerprint density at radius 1 is 1.10 bits per heavy atom. The minimum absolute atomic E-state index is 0.213. The second-order valence-corrected chi connectivity index (χ2v) is 8.07. The zero-order valence-corrected chi connectivity index (χ0v) is 18.2. The number of benzene rings is 2. The third-order valence-corrected chi connectivity index (χ3v) is 5.64. The number of amides is 1. The summed E-state index contributed by atoms with van der Waals surface area (Å²) >= 11 is 0. The van der Waals surface area contributed by atoms with E-state index in [0.29, 0.717) is 13.2 Å². The van der Waals surface area contributed by atoms with Gasteiger partial charge in [-0.25, -0.2) is 4.98 Å². The number of rotatable bonds is 12. The van der Waals surface area contributed by atoms with E-state index >= 15 is 0 Å². The average Bonchev–Trinajstić information content (AvgIpc) is 3.59. The fourth-order valence-electron chi connectivity index (χ4n) is 3.77. The number of hydrogen-bond acceptors (Lipinski definition) is 4. The molecule has 0 bridgehead atoms. The minimum atomic E-state index is 0.213. The summed E-state index contributed by atoms with van der Waals surface area (Å²) in [5.41, 5.74) is 2.21. The SMILES string of the molecule is COc1cccc(OCCCCn2c(CCCNC(=O)C3CC3)nc3ccccc32)c1. The molecule has 3 aromatic rings. The normalized spacial score (nSPS) is 13.3. The lowest BCUT2D eigenvalue weighted by atomic mass is 10.2. The van der Waals surface area contributed by atoms with Gasteiger partial charge in [0.15, 0.2) is 0 Å². The number of hydrogen-bond donors (Lipinski definition) is 1. The van der Waals surface area contributed by atoms with Crippen LogP contribution in [0, 0.1) is 5.92 Å². The third-order valence-electron chi connectivity index (χ3n) is 5.64. The van der Waals surface area contributed by atoms with E-state index in [4.69, 9.17) is 14.5 Å². The largest absolute Gasteiger partial charge is 0.497 e. The summed E-state index contributed by atoms with van der Waals surface area (Å²) in [7, 11) is 1.66. The van der Waals surface area contributed by atoms with Crippen molar-refractivity contribution in [3.8, 4) is 11.5 Å². The van der Waals surface area contributed by atoms with Crippen LogP contribution in [0.1, 0.15) is 37.9 Å². The number of fused-ring (bicyclic) bond motifs is 1. The van der Waals surface area contributed by atoms with E-state index in [1.165, 1.54) is 5.52 Å². The molecule has 0 atom stereocenters. The lowest BCUT2D eigenvalue weighted by Gasteiger charge is -2.11. The van der Waals surface area contributed by atoms with E-state index in [2.05, 4.69) is 28.1 Å². The fraction of sp³-hybridized carbons (Fsp3) is 0.440. The monoisotopic (exact) mass is 421 g/mol. The maximum absolute atomic E-state index is 11.8. The van der Waals surface area contributed by atoms with Gasteiger partial charge in [-0.3, -0.25) is 4.79 Å². The van der Waals surface area contributed by atoms with Gasteiger partial charge in [0.25, 0.3) is 0 Å². The zero-order chi connectivity index (χ0) is 21.5. The Morgan fingerprint density at radius 2 is 1.94 bits per heavy atom. The molecule has 0 unspecified atom stereocenters. The maximum atomic E-state index is 11.8. The number of para-hydroxylation sites is 2. The first-order valence-corrected chi connectivity index (χ1v) is 11.2. The molecule has 4 rings (SSSR count). The Labute approximate surface area is 183 Å². The second kappa shape index (κ2) is 10.3. The van der Waals surface area contributed by atoms with Crippen LogP contribution in [0.5, 0.6) is 11.5 Å². The highest BCUT2D eigenvalue weighted by atomic mass is 16.5. The number of nitrogens with one attached hydrogen (secondary N) is 1. The van der Waals surface area contributed by atoms with Gasteiger partial charge in [0.2, 0.25) is 5.91 Å². The van der Waals surface area contributed by atoms with E-state index in [0.717, 1.165) is 67.9 Å². The zero-order valence-electron chi connectivity index (χ0n) is 18.2. The summed E-state index contributed by atoms with van der Waals surface area (Å²) in [6.07, 6.45) is 5.82. The highest BCUT2D eigenvalue weighted by Crippen LogP contribution is 2.28. The van der Waals surface area contributed by atoms with Gasteiger partial charge in [-0.2, -0.15) is 0 Å². The molecule has 1 amide bonds. The van der Waals surface area contributed by atoms with Crippen molar-refractivity contribution in [2.45, 2.75) is 45.1 Å². The summed E-state index contributed by atoms with van der Waals surface area (Å²) in [6, 6.07) is 16.0. The van der Waals surface area contributed by atoms with Gasteiger partial charge in [0, 0.05) is 31.5 Å². The molecule has 31 heavy (non-hydrogen) atoms. The molecule has 0 saturated heterocycles. The molecule has 1 N–H and O–H groups in total. The van der Waals surface area contributed by atoms with Gasteiger partial charge in [-0.15, -0.1) is 0 Å². The van der Waals surface area contributed by atoms with Crippen LogP contribution in [-0.4, -0.2) is 35.7 Å². The van der Waals surface area contributed by atoms with Crippen LogP contribution in [0.25, 0.3) is 11.0 Å². The Morgan fingerprint density at radius 3 is 2.77 bits per heavy atom. The topological polar surface area (TPSA) is 65.4 Å². The first-order valence-electron chi connectivity index (χ1n) is 11.2. The van der Waals surface area contributed by atoms with E-state index in [1.807, 2.05) is 30.3 Å². The van der Waals surface area contributed by atoms with Gasteiger partial charge in [-0.1, -0.05) is 18.2 Å². The second-order valence-electron chi connectivity index (χ2n) is 8.07. The average molecular weight is 422 g/mol. The van der Waals surface area contributed by atoms with Gasteiger partial charge in [0.05, 0.1) is 24.8 Å². The van der Waals surface area contributed by atoms with Crippen molar-refractivity contribution in [3.05, 3.63) is 54.4 Å². The third kappa shape index (κ3) is 5.78. The van der Waals surface area contributed by atoms with Gasteiger partial charge in [0.1, 0.15) is 17.3 Å². The van der Waals surface area contributed by atoms with Gasteiger partial charge in [-0.05, 0) is 56.4 Å². The predicted octanol–water partition coefficient (Wildman–Crippen LogP) is 4.36. The number of aryl methyl sites for hydroxylation is 2. The molecule has 6 heteroatoms. The molecule has 1 aliphatic carbocycles. The first-order chi connectivity index (χ1) is 15.2. The van der Waals surface area contributed by atoms with Crippen LogP contribution in [0.3, 0.4) is 0 Å². The van der Waals surface area contributed by atoms with Gasteiger partial charge >= 0.3 is 0 Å². The van der Waals surface area contributed by atoms with Crippen LogP contribution in [0.4, 0.5) is 0 Å². The van der Waals surface area contributed by atoms with Crippen LogP contribution in [0.2, 0.25) is 0 Å². The molecule has 1 aliphatic rings. The summed E-state index contributed by atoms with van der Waals surface area (Å²) in [4.78, 5) is 16.7. The smallest absolute Gasteiger partial charge is 0.223 e. The van der Waals surface area contributed by atoms with E-state index in [9.17, 15) is 4.79 Å². The van der Waals surface area contributed by atoms with Crippen molar-refractivity contribution in [2.75, 3.05) is 20.3 Å². The Hall–Kier alpha value is -3.02. The van der Waals surface area contributed by atoms with Crippen molar-refractivity contribution >= 4 is 16.9 Å².